The number of hydrogen-bond donors (Lipinski definition) is 0. The lowest BCUT2D eigenvalue weighted by Crippen LogP contribution is -2.46. The van der Waals surface area contributed by atoms with E-state index >= 15 is 0 Å². The van der Waals surface area contributed by atoms with Gasteiger partial charge in [-0.1, -0.05) is 42.8 Å². The van der Waals surface area contributed by atoms with E-state index in [1.807, 2.05) is 19.2 Å². The number of carbonyl (C=O) groups is 1. The Balaban J connectivity index is 2.76. The summed E-state index contributed by atoms with van der Waals surface area (Å²) < 4.78 is 12.4. The molecule has 0 bridgehead atoms. The molecule has 136 valence electrons. The second kappa shape index (κ2) is 6.91. The molecular formula is C17H23BrN2O4Si. The third-order valence-corrected chi connectivity index (χ3v) is 9.51. The third kappa shape index (κ3) is 3.79. The van der Waals surface area contributed by atoms with Crippen LogP contribution >= 0.6 is 15.9 Å². The van der Waals surface area contributed by atoms with Gasteiger partial charge >= 0.3 is 5.97 Å². The summed E-state index contributed by atoms with van der Waals surface area (Å²) in [5.41, 5.74) is 0.806. The summed E-state index contributed by atoms with van der Waals surface area (Å²) in [5.74, 6) is -0.722. The van der Waals surface area contributed by atoms with Crippen molar-refractivity contribution in [1.82, 2.24) is 9.38 Å². The van der Waals surface area contributed by atoms with Gasteiger partial charge in [0.05, 0.1) is 7.11 Å². The highest BCUT2D eigenvalue weighted by Crippen LogP contribution is 2.37. The van der Waals surface area contributed by atoms with Crippen LogP contribution in [0.25, 0.3) is 5.65 Å². The van der Waals surface area contributed by atoms with Gasteiger partial charge in [0.15, 0.2) is 5.69 Å². The van der Waals surface area contributed by atoms with Gasteiger partial charge in [0, 0.05) is 11.5 Å². The number of aromatic nitrogens is 2. The molecule has 0 aromatic carbocycles. The Labute approximate surface area is 156 Å². The monoisotopic (exact) mass is 426 g/mol. The van der Waals surface area contributed by atoms with E-state index in [0.717, 1.165) is 5.56 Å². The molecule has 0 aliphatic heterocycles. The molecule has 0 aliphatic carbocycles. The summed E-state index contributed by atoms with van der Waals surface area (Å²) >= 11 is 3.38. The van der Waals surface area contributed by atoms with Crippen molar-refractivity contribution in [2.24, 2.45) is 0 Å². The van der Waals surface area contributed by atoms with Crippen molar-refractivity contribution < 1.29 is 14.0 Å². The van der Waals surface area contributed by atoms with Crippen LogP contribution in [0.3, 0.4) is 0 Å². The second-order valence-corrected chi connectivity index (χ2v) is 12.6. The molecule has 0 amide bonds. The minimum atomic E-state index is -2.35. The van der Waals surface area contributed by atoms with Crippen LogP contribution in [0.15, 0.2) is 23.1 Å². The van der Waals surface area contributed by atoms with E-state index in [2.05, 4.69) is 41.7 Å². The van der Waals surface area contributed by atoms with Crippen LogP contribution in [0.4, 0.5) is 0 Å². The van der Waals surface area contributed by atoms with Crippen molar-refractivity contribution in [2.45, 2.75) is 44.2 Å². The quantitative estimate of drug-likeness (QED) is 0.422. The highest BCUT2D eigenvalue weighted by atomic mass is 79.9. The number of carbonyl (C=O) groups excluding carboxylic acids is 1. The number of esters is 1. The lowest BCUT2D eigenvalue weighted by atomic mass is 10.2. The van der Waals surface area contributed by atoms with E-state index < -0.39 is 19.8 Å². The zero-order chi connectivity index (χ0) is 19.0. The first-order valence-corrected chi connectivity index (χ1v) is 11.9. The van der Waals surface area contributed by atoms with Gasteiger partial charge in [-0.2, -0.15) is 0 Å². The molecule has 25 heavy (non-hydrogen) atoms. The maximum atomic E-state index is 13.0. The van der Waals surface area contributed by atoms with Gasteiger partial charge in [-0.3, -0.25) is 9.20 Å². The van der Waals surface area contributed by atoms with Gasteiger partial charge in [-0.25, -0.2) is 9.78 Å². The minimum absolute atomic E-state index is 0.0392. The number of pyridine rings is 1. The lowest BCUT2D eigenvalue weighted by molar-refractivity contribution is 0.0591. The van der Waals surface area contributed by atoms with Crippen LogP contribution in [-0.2, 0) is 10.1 Å². The lowest BCUT2D eigenvalue weighted by Gasteiger charge is -2.36. The fraction of sp³-hybridized carbons (Fsp3) is 0.471. The van der Waals surface area contributed by atoms with E-state index in [9.17, 15) is 9.59 Å². The molecule has 8 heteroatoms. The maximum absolute atomic E-state index is 13.0. The Morgan fingerprint density at radius 1 is 1.32 bits per heavy atom. The molecule has 0 atom stereocenters. The van der Waals surface area contributed by atoms with Gasteiger partial charge in [0.25, 0.3) is 13.9 Å². The summed E-state index contributed by atoms with van der Waals surface area (Å²) in [6.45, 7) is 10.2. The van der Waals surface area contributed by atoms with Gasteiger partial charge in [0.1, 0.15) is 5.65 Å². The third-order valence-electron chi connectivity index (χ3n) is 4.54. The van der Waals surface area contributed by atoms with E-state index in [1.165, 1.54) is 11.5 Å². The fourth-order valence-corrected chi connectivity index (χ4v) is 3.31. The molecule has 0 radical (unpaired) electrons. The van der Waals surface area contributed by atoms with Crippen molar-refractivity contribution in [3.63, 3.8) is 0 Å². The molecule has 0 N–H and O–H groups in total. The number of ether oxygens (including phenoxy) is 1. The summed E-state index contributed by atoms with van der Waals surface area (Å²) in [5, 5.41) is 0.469. The Kier molecular flexibility index (Phi) is 5.43. The smallest absolute Gasteiger partial charge is 0.360 e. The van der Waals surface area contributed by atoms with Crippen LogP contribution in [0, 0.1) is 0 Å². The molecule has 0 saturated heterocycles. The van der Waals surface area contributed by atoms with Crippen LogP contribution in [0.1, 0.15) is 36.8 Å². The molecule has 0 fully saturated rings. The highest BCUT2D eigenvalue weighted by Gasteiger charge is 2.41. The normalized spacial score (nSPS) is 12.3. The number of hydrogen-bond acceptors (Lipinski definition) is 5. The molecule has 6 nitrogen and oxygen atoms in total. The summed E-state index contributed by atoms with van der Waals surface area (Å²) in [4.78, 5) is 29.5. The van der Waals surface area contributed by atoms with Gasteiger partial charge in [-0.15, -0.1) is 0 Å². The fourth-order valence-electron chi connectivity index (χ4n) is 1.98. The van der Waals surface area contributed by atoms with Crippen LogP contribution < -0.4 is 9.99 Å². The first kappa shape index (κ1) is 19.6. The molecule has 0 spiro atoms. The first-order chi connectivity index (χ1) is 11.5. The second-order valence-electron chi connectivity index (χ2n) is 7.35. The molecular weight excluding hydrogens is 404 g/mol. The van der Waals surface area contributed by atoms with Crippen molar-refractivity contribution in [1.29, 1.82) is 0 Å². The van der Waals surface area contributed by atoms with E-state index in [1.54, 1.807) is 12.3 Å². The minimum Gasteiger partial charge on any atom is -0.538 e. The number of nitrogens with zero attached hydrogens (tertiary/aromatic N) is 2. The van der Waals surface area contributed by atoms with E-state index in [4.69, 9.17) is 9.16 Å². The molecule has 0 unspecified atom stereocenters. The van der Waals surface area contributed by atoms with Crippen molar-refractivity contribution in [3.8, 4) is 5.75 Å². The maximum Gasteiger partial charge on any atom is 0.360 e. The Bertz CT molecular complexity index is 871. The predicted octanol–water partition coefficient (Wildman–Crippen LogP) is 3.76. The largest absolute Gasteiger partial charge is 0.538 e. The van der Waals surface area contributed by atoms with Gasteiger partial charge in [-0.05, 0) is 29.8 Å². The van der Waals surface area contributed by atoms with Gasteiger partial charge in [0.2, 0.25) is 5.75 Å². The zero-order valence-electron chi connectivity index (χ0n) is 15.3. The number of alkyl halides is 1. The Morgan fingerprint density at radius 2 is 1.96 bits per heavy atom. The molecule has 2 rings (SSSR count). The molecule has 2 aromatic rings. The van der Waals surface area contributed by atoms with Crippen LogP contribution in [0.5, 0.6) is 5.75 Å². The Morgan fingerprint density at radius 3 is 2.48 bits per heavy atom. The standard InChI is InChI=1S/C17H23BrN2O4Si/c1-17(2,3)25(5,6)24-14-13(16(22)23-4)19-12-8-7-11(9-18)10-20(12)15(14)21/h7-8,10H,9H2,1-6H3. The van der Waals surface area contributed by atoms with Crippen LogP contribution in [-0.4, -0.2) is 30.8 Å². The number of halogens is 1. The van der Waals surface area contributed by atoms with Crippen molar-refractivity contribution in [3.05, 3.63) is 39.9 Å². The summed E-state index contributed by atoms with van der Waals surface area (Å²) in [7, 11) is -1.09. The molecule has 0 aliphatic rings. The first-order valence-electron chi connectivity index (χ1n) is 7.90. The summed E-state index contributed by atoms with van der Waals surface area (Å²) in [6, 6.07) is 3.53. The Hall–Kier alpha value is -1.67. The SMILES string of the molecule is COC(=O)c1nc2ccc(CBr)cn2c(=O)c1O[Si](C)(C)C(C)(C)C. The number of methoxy groups -OCH3 is 1. The van der Waals surface area contributed by atoms with E-state index in [-0.39, 0.29) is 16.5 Å². The number of fused-ring (bicyclic) bond motifs is 1. The number of rotatable bonds is 4. The molecule has 0 saturated carbocycles. The van der Waals surface area contributed by atoms with Crippen molar-refractivity contribution >= 4 is 35.9 Å². The van der Waals surface area contributed by atoms with E-state index in [0.29, 0.717) is 11.0 Å². The zero-order valence-corrected chi connectivity index (χ0v) is 17.9. The average molecular weight is 427 g/mol. The average Bonchev–Trinajstić information content (AvgIpc) is 2.55. The molecule has 2 aromatic heterocycles. The highest BCUT2D eigenvalue weighted by molar-refractivity contribution is 9.08. The molecule has 2 heterocycles. The summed E-state index contributed by atoms with van der Waals surface area (Å²) in [6.07, 6.45) is 1.69. The van der Waals surface area contributed by atoms with Gasteiger partial charge < -0.3 is 9.16 Å². The van der Waals surface area contributed by atoms with Crippen LogP contribution in [0.2, 0.25) is 18.1 Å². The predicted molar refractivity (Wildman–Crippen MR) is 103 cm³/mol. The topological polar surface area (TPSA) is 69.9 Å². The van der Waals surface area contributed by atoms with Crippen molar-refractivity contribution in [2.75, 3.05) is 7.11 Å².